The summed E-state index contributed by atoms with van der Waals surface area (Å²) in [5, 5.41) is 0. The molecule has 1 fully saturated rings. The van der Waals surface area contributed by atoms with Crippen LogP contribution in [0, 0.1) is 11.8 Å². The fourth-order valence-corrected chi connectivity index (χ4v) is 1.90. The average Bonchev–Trinajstić information content (AvgIpc) is 2.68. The van der Waals surface area contributed by atoms with Crippen molar-refractivity contribution in [2.75, 3.05) is 0 Å². The Morgan fingerprint density at radius 1 is 1.40 bits per heavy atom. The molecule has 0 radical (unpaired) electrons. The molecule has 1 rings (SSSR count). The van der Waals surface area contributed by atoms with E-state index in [0.717, 1.165) is 25.7 Å². The van der Waals surface area contributed by atoms with Crippen molar-refractivity contribution in [3.05, 3.63) is 12.3 Å². The molecule has 4 heteroatoms. The lowest BCUT2D eigenvalue weighted by Gasteiger charge is -2.16. The molecule has 4 nitrogen and oxygen atoms in total. The number of carbonyl (C=O) groups is 2. The minimum absolute atomic E-state index is 0.226. The molecule has 0 bridgehead atoms. The number of esters is 2. The van der Waals surface area contributed by atoms with E-state index in [4.69, 9.17) is 5.73 Å². The molecule has 0 aromatic carbocycles. The van der Waals surface area contributed by atoms with Gasteiger partial charge in [0, 0.05) is 0 Å². The quantitative estimate of drug-likeness (QED) is 0.434. The molecule has 1 unspecified atom stereocenters. The standard InChI is InChI=1S/C11H17NO3/c1-7(9-5-3-4-6-9)10(13)15-11(14)8(2)12/h7,9H,2-6,12H2,1H3. The molecule has 0 amide bonds. The van der Waals surface area contributed by atoms with Crippen molar-refractivity contribution in [3.8, 4) is 0 Å². The normalized spacial score (nSPS) is 18.5. The van der Waals surface area contributed by atoms with Crippen LogP contribution >= 0.6 is 0 Å². The van der Waals surface area contributed by atoms with Crippen LogP contribution in [0.1, 0.15) is 32.6 Å². The Balaban J connectivity index is 2.45. The maximum absolute atomic E-state index is 11.5. The minimum atomic E-state index is -0.829. The third-order valence-corrected chi connectivity index (χ3v) is 2.93. The lowest BCUT2D eigenvalue weighted by molar-refractivity contribution is -0.160. The van der Waals surface area contributed by atoms with Crippen molar-refractivity contribution in [3.63, 3.8) is 0 Å². The summed E-state index contributed by atoms with van der Waals surface area (Å²) in [5.41, 5.74) is 4.88. The van der Waals surface area contributed by atoms with Gasteiger partial charge in [-0.1, -0.05) is 26.3 Å². The number of hydrogen-bond acceptors (Lipinski definition) is 4. The van der Waals surface area contributed by atoms with E-state index >= 15 is 0 Å². The van der Waals surface area contributed by atoms with Crippen LogP contribution in [0.25, 0.3) is 0 Å². The monoisotopic (exact) mass is 211 g/mol. The minimum Gasteiger partial charge on any atom is -0.393 e. The van der Waals surface area contributed by atoms with Gasteiger partial charge in [0.05, 0.1) is 5.92 Å². The van der Waals surface area contributed by atoms with Gasteiger partial charge in [-0.3, -0.25) is 4.79 Å². The number of nitrogens with two attached hydrogens (primary N) is 1. The van der Waals surface area contributed by atoms with Gasteiger partial charge in [-0.15, -0.1) is 0 Å². The Kier molecular flexibility index (Phi) is 3.88. The Bertz CT molecular complexity index is 280. The molecule has 1 aliphatic carbocycles. The third kappa shape index (κ3) is 3.08. The summed E-state index contributed by atoms with van der Waals surface area (Å²) in [4.78, 5) is 22.5. The Morgan fingerprint density at radius 2 is 1.93 bits per heavy atom. The molecule has 0 aromatic heterocycles. The van der Waals surface area contributed by atoms with Crippen LogP contribution in [0.4, 0.5) is 0 Å². The molecule has 0 heterocycles. The van der Waals surface area contributed by atoms with Gasteiger partial charge < -0.3 is 10.5 Å². The molecule has 1 aliphatic rings. The summed E-state index contributed by atoms with van der Waals surface area (Å²) >= 11 is 0. The summed E-state index contributed by atoms with van der Waals surface area (Å²) < 4.78 is 4.58. The number of carbonyl (C=O) groups excluding carboxylic acids is 2. The second-order valence-corrected chi connectivity index (χ2v) is 4.07. The van der Waals surface area contributed by atoms with Gasteiger partial charge in [0.25, 0.3) is 0 Å². The molecular weight excluding hydrogens is 194 g/mol. The number of hydrogen-bond donors (Lipinski definition) is 1. The molecular formula is C11H17NO3. The molecule has 0 aromatic rings. The van der Waals surface area contributed by atoms with Crippen LogP contribution in [-0.4, -0.2) is 11.9 Å². The zero-order chi connectivity index (χ0) is 11.4. The molecule has 15 heavy (non-hydrogen) atoms. The first-order chi connectivity index (χ1) is 7.02. The maximum Gasteiger partial charge on any atom is 0.361 e. The van der Waals surface area contributed by atoms with Crippen molar-refractivity contribution < 1.29 is 14.3 Å². The van der Waals surface area contributed by atoms with Gasteiger partial charge in [-0.05, 0) is 18.8 Å². The zero-order valence-corrected chi connectivity index (χ0v) is 8.99. The van der Waals surface area contributed by atoms with E-state index in [1.165, 1.54) is 0 Å². The highest BCUT2D eigenvalue weighted by Crippen LogP contribution is 2.31. The van der Waals surface area contributed by atoms with Gasteiger partial charge in [0.1, 0.15) is 5.70 Å². The number of rotatable bonds is 3. The van der Waals surface area contributed by atoms with Crippen LogP contribution in [0.2, 0.25) is 0 Å². The van der Waals surface area contributed by atoms with E-state index < -0.39 is 11.9 Å². The predicted octanol–water partition coefficient (Wildman–Crippen LogP) is 1.35. The Labute approximate surface area is 89.5 Å². The van der Waals surface area contributed by atoms with Crippen LogP contribution in [0.5, 0.6) is 0 Å². The van der Waals surface area contributed by atoms with E-state index in [9.17, 15) is 9.59 Å². The molecule has 84 valence electrons. The molecule has 0 aliphatic heterocycles. The van der Waals surface area contributed by atoms with E-state index in [1.54, 1.807) is 6.92 Å². The summed E-state index contributed by atoms with van der Waals surface area (Å²) in [6.07, 6.45) is 4.38. The van der Waals surface area contributed by atoms with Gasteiger partial charge in [-0.25, -0.2) is 4.79 Å². The lowest BCUT2D eigenvalue weighted by Crippen LogP contribution is -2.26. The molecule has 1 atom stereocenters. The highest BCUT2D eigenvalue weighted by Gasteiger charge is 2.29. The first kappa shape index (κ1) is 11.8. The van der Waals surface area contributed by atoms with E-state index in [1.807, 2.05) is 0 Å². The first-order valence-electron chi connectivity index (χ1n) is 5.22. The van der Waals surface area contributed by atoms with Gasteiger partial charge in [-0.2, -0.15) is 0 Å². The average molecular weight is 211 g/mol. The Hall–Kier alpha value is -1.32. The number of ether oxygens (including phenoxy) is 1. The molecule has 0 saturated heterocycles. The van der Waals surface area contributed by atoms with E-state index in [2.05, 4.69) is 11.3 Å². The summed E-state index contributed by atoms with van der Waals surface area (Å²) in [6.45, 7) is 5.01. The van der Waals surface area contributed by atoms with Crippen molar-refractivity contribution in [1.82, 2.24) is 0 Å². The molecule has 0 spiro atoms. The summed E-state index contributed by atoms with van der Waals surface area (Å²) in [5.74, 6) is -1.20. The molecule has 1 saturated carbocycles. The van der Waals surface area contributed by atoms with Gasteiger partial charge in [0.2, 0.25) is 0 Å². The SMILES string of the molecule is C=C(N)C(=O)OC(=O)C(C)C1CCCC1. The van der Waals surface area contributed by atoms with Crippen LogP contribution in [0.15, 0.2) is 12.3 Å². The maximum atomic E-state index is 11.5. The van der Waals surface area contributed by atoms with Gasteiger partial charge >= 0.3 is 11.9 Å². The van der Waals surface area contributed by atoms with Gasteiger partial charge in [0.15, 0.2) is 0 Å². The second-order valence-electron chi connectivity index (χ2n) is 4.07. The van der Waals surface area contributed by atoms with Crippen molar-refractivity contribution in [2.45, 2.75) is 32.6 Å². The molecule has 2 N–H and O–H groups in total. The third-order valence-electron chi connectivity index (χ3n) is 2.93. The lowest BCUT2D eigenvalue weighted by atomic mass is 9.93. The topological polar surface area (TPSA) is 69.4 Å². The first-order valence-corrected chi connectivity index (χ1v) is 5.22. The van der Waals surface area contributed by atoms with Crippen molar-refractivity contribution in [2.24, 2.45) is 17.6 Å². The van der Waals surface area contributed by atoms with E-state index in [-0.39, 0.29) is 11.6 Å². The fourth-order valence-electron chi connectivity index (χ4n) is 1.90. The predicted molar refractivity (Wildman–Crippen MR) is 55.5 cm³/mol. The van der Waals surface area contributed by atoms with Crippen molar-refractivity contribution >= 4 is 11.9 Å². The smallest absolute Gasteiger partial charge is 0.361 e. The largest absolute Gasteiger partial charge is 0.393 e. The second kappa shape index (κ2) is 4.96. The summed E-state index contributed by atoms with van der Waals surface area (Å²) in [7, 11) is 0. The Morgan fingerprint density at radius 3 is 2.40 bits per heavy atom. The van der Waals surface area contributed by atoms with Crippen LogP contribution in [-0.2, 0) is 14.3 Å². The van der Waals surface area contributed by atoms with Crippen LogP contribution in [0.3, 0.4) is 0 Å². The highest BCUT2D eigenvalue weighted by molar-refractivity contribution is 5.95. The highest BCUT2D eigenvalue weighted by atomic mass is 16.6. The zero-order valence-electron chi connectivity index (χ0n) is 8.99. The van der Waals surface area contributed by atoms with Crippen LogP contribution < -0.4 is 5.73 Å². The fraction of sp³-hybridized carbons (Fsp3) is 0.636. The summed E-state index contributed by atoms with van der Waals surface area (Å²) in [6, 6.07) is 0. The van der Waals surface area contributed by atoms with Crippen molar-refractivity contribution in [1.29, 1.82) is 0 Å². The van der Waals surface area contributed by atoms with E-state index in [0.29, 0.717) is 5.92 Å².